The molecule has 0 radical (unpaired) electrons. The van der Waals surface area contributed by atoms with Gasteiger partial charge in [-0.2, -0.15) is 0 Å². The minimum Gasteiger partial charge on any atom is -0.497 e. The van der Waals surface area contributed by atoms with Gasteiger partial charge < -0.3 is 15.6 Å². The third-order valence-electron chi connectivity index (χ3n) is 2.81. The first-order chi connectivity index (χ1) is 8.57. The van der Waals surface area contributed by atoms with Crippen LogP contribution in [0, 0.1) is 0 Å². The molecule has 102 valence electrons. The van der Waals surface area contributed by atoms with E-state index in [2.05, 4.69) is 6.07 Å². The number of aliphatic hydroxyl groups is 1. The van der Waals surface area contributed by atoms with Gasteiger partial charge in [-0.3, -0.25) is 0 Å². The normalized spacial score (nSPS) is 14.2. The summed E-state index contributed by atoms with van der Waals surface area (Å²) in [6.07, 6.45) is 3.02. The van der Waals surface area contributed by atoms with Crippen LogP contribution >= 0.6 is 11.8 Å². The fourth-order valence-electron chi connectivity index (χ4n) is 1.59. The number of rotatable bonds is 8. The van der Waals surface area contributed by atoms with E-state index in [0.29, 0.717) is 0 Å². The summed E-state index contributed by atoms with van der Waals surface area (Å²) in [5, 5.41) is 9.04. The van der Waals surface area contributed by atoms with Crippen molar-refractivity contribution in [3.05, 3.63) is 24.3 Å². The fraction of sp³-hybridized carbons (Fsp3) is 0.571. The lowest BCUT2D eigenvalue weighted by Crippen LogP contribution is -2.39. The number of ether oxygens (including phenoxy) is 1. The zero-order valence-corrected chi connectivity index (χ0v) is 12.0. The van der Waals surface area contributed by atoms with Gasteiger partial charge in [0, 0.05) is 10.4 Å². The molecule has 0 saturated carbocycles. The SMILES string of the molecule is COc1cccc(SCCCCC(C)(N)CO)c1. The fourth-order valence-corrected chi connectivity index (χ4v) is 2.55. The van der Waals surface area contributed by atoms with Crippen LogP contribution in [0.2, 0.25) is 0 Å². The topological polar surface area (TPSA) is 55.5 Å². The Morgan fingerprint density at radius 2 is 2.17 bits per heavy atom. The first-order valence-electron chi connectivity index (χ1n) is 6.24. The van der Waals surface area contributed by atoms with E-state index >= 15 is 0 Å². The second-order valence-electron chi connectivity index (χ2n) is 4.80. The number of thioether (sulfide) groups is 1. The molecular formula is C14H23NO2S. The van der Waals surface area contributed by atoms with Crippen LogP contribution in [-0.4, -0.2) is 30.1 Å². The number of unbranched alkanes of at least 4 members (excludes halogenated alkanes) is 1. The van der Waals surface area contributed by atoms with Crippen LogP contribution in [-0.2, 0) is 0 Å². The van der Waals surface area contributed by atoms with Crippen molar-refractivity contribution in [2.75, 3.05) is 19.5 Å². The molecule has 1 aromatic carbocycles. The van der Waals surface area contributed by atoms with E-state index in [0.717, 1.165) is 30.8 Å². The van der Waals surface area contributed by atoms with Crippen LogP contribution in [0.5, 0.6) is 5.75 Å². The Kier molecular flexibility index (Phi) is 6.54. The molecule has 0 heterocycles. The molecule has 1 rings (SSSR count). The summed E-state index contributed by atoms with van der Waals surface area (Å²) < 4.78 is 5.18. The van der Waals surface area contributed by atoms with Crippen molar-refractivity contribution in [2.45, 2.75) is 36.6 Å². The van der Waals surface area contributed by atoms with Crippen LogP contribution in [0.25, 0.3) is 0 Å². The van der Waals surface area contributed by atoms with Crippen molar-refractivity contribution in [3.63, 3.8) is 0 Å². The van der Waals surface area contributed by atoms with Gasteiger partial charge in [-0.1, -0.05) is 12.5 Å². The number of nitrogens with two attached hydrogens (primary N) is 1. The summed E-state index contributed by atoms with van der Waals surface area (Å²) in [7, 11) is 1.68. The molecule has 0 amide bonds. The molecule has 0 aliphatic heterocycles. The third kappa shape index (κ3) is 5.76. The number of hydrogen-bond donors (Lipinski definition) is 2. The van der Waals surface area contributed by atoms with Gasteiger partial charge in [-0.05, 0) is 43.7 Å². The van der Waals surface area contributed by atoms with E-state index < -0.39 is 5.54 Å². The van der Waals surface area contributed by atoms with E-state index in [-0.39, 0.29) is 6.61 Å². The zero-order chi connectivity index (χ0) is 13.4. The summed E-state index contributed by atoms with van der Waals surface area (Å²) in [5.41, 5.74) is 5.44. The maximum Gasteiger partial charge on any atom is 0.119 e. The summed E-state index contributed by atoms with van der Waals surface area (Å²) in [5.74, 6) is 1.96. The summed E-state index contributed by atoms with van der Waals surface area (Å²) in [6, 6.07) is 8.09. The third-order valence-corrected chi connectivity index (χ3v) is 3.89. The summed E-state index contributed by atoms with van der Waals surface area (Å²) in [6.45, 7) is 1.94. The minimum absolute atomic E-state index is 0.0516. The second-order valence-corrected chi connectivity index (χ2v) is 5.97. The van der Waals surface area contributed by atoms with Gasteiger partial charge in [0.1, 0.15) is 5.75 Å². The molecule has 1 unspecified atom stereocenters. The van der Waals surface area contributed by atoms with Crippen LogP contribution in [0.4, 0.5) is 0 Å². The Morgan fingerprint density at radius 3 is 2.83 bits per heavy atom. The number of aliphatic hydroxyl groups excluding tert-OH is 1. The second kappa shape index (κ2) is 7.67. The molecular weight excluding hydrogens is 246 g/mol. The predicted molar refractivity (Wildman–Crippen MR) is 77.2 cm³/mol. The standard InChI is InChI=1S/C14H23NO2S/c1-14(15,11-16)8-3-4-9-18-13-7-5-6-12(10-13)17-2/h5-7,10,16H,3-4,8-9,11,15H2,1-2H3. The highest BCUT2D eigenvalue weighted by Gasteiger charge is 2.15. The smallest absolute Gasteiger partial charge is 0.119 e. The highest BCUT2D eigenvalue weighted by atomic mass is 32.2. The van der Waals surface area contributed by atoms with Crippen LogP contribution in [0.15, 0.2) is 29.2 Å². The molecule has 3 N–H and O–H groups in total. The van der Waals surface area contributed by atoms with Gasteiger partial charge in [-0.25, -0.2) is 0 Å². The largest absolute Gasteiger partial charge is 0.497 e. The van der Waals surface area contributed by atoms with E-state index in [1.807, 2.05) is 36.9 Å². The van der Waals surface area contributed by atoms with Crippen LogP contribution in [0.1, 0.15) is 26.2 Å². The number of hydrogen-bond acceptors (Lipinski definition) is 4. The van der Waals surface area contributed by atoms with Crippen LogP contribution in [0.3, 0.4) is 0 Å². The summed E-state index contributed by atoms with van der Waals surface area (Å²) in [4.78, 5) is 1.23. The molecule has 0 bridgehead atoms. The lowest BCUT2D eigenvalue weighted by molar-refractivity contribution is 0.198. The molecule has 0 spiro atoms. The quantitative estimate of drug-likeness (QED) is 0.563. The average molecular weight is 269 g/mol. The van der Waals surface area contributed by atoms with E-state index in [1.54, 1.807) is 7.11 Å². The van der Waals surface area contributed by atoms with Crippen molar-refractivity contribution in [2.24, 2.45) is 5.73 Å². The maximum absolute atomic E-state index is 9.04. The van der Waals surface area contributed by atoms with E-state index in [1.165, 1.54) is 4.90 Å². The van der Waals surface area contributed by atoms with Crippen LogP contribution < -0.4 is 10.5 Å². The lowest BCUT2D eigenvalue weighted by atomic mass is 9.98. The van der Waals surface area contributed by atoms with Crippen molar-refractivity contribution in [3.8, 4) is 5.75 Å². The molecule has 0 aliphatic carbocycles. The molecule has 0 aliphatic rings. The molecule has 1 aromatic rings. The van der Waals surface area contributed by atoms with Gasteiger partial charge in [0.2, 0.25) is 0 Å². The van der Waals surface area contributed by atoms with Gasteiger partial charge in [-0.15, -0.1) is 11.8 Å². The molecule has 1 atom stereocenters. The number of methoxy groups -OCH3 is 1. The molecule has 18 heavy (non-hydrogen) atoms. The number of benzene rings is 1. The monoisotopic (exact) mass is 269 g/mol. The van der Waals surface area contributed by atoms with Crippen molar-refractivity contribution < 1.29 is 9.84 Å². The highest BCUT2D eigenvalue weighted by Crippen LogP contribution is 2.24. The molecule has 3 nitrogen and oxygen atoms in total. The molecule has 0 aromatic heterocycles. The molecule has 4 heteroatoms. The molecule has 0 saturated heterocycles. The Bertz CT molecular complexity index is 355. The van der Waals surface area contributed by atoms with E-state index in [9.17, 15) is 0 Å². The van der Waals surface area contributed by atoms with Crippen molar-refractivity contribution >= 4 is 11.8 Å². The molecule has 0 fully saturated rings. The van der Waals surface area contributed by atoms with E-state index in [4.69, 9.17) is 15.6 Å². The first kappa shape index (κ1) is 15.3. The predicted octanol–water partition coefficient (Wildman–Crippen LogP) is 2.67. The Hall–Kier alpha value is -0.710. The average Bonchev–Trinajstić information content (AvgIpc) is 2.38. The van der Waals surface area contributed by atoms with Gasteiger partial charge in [0.25, 0.3) is 0 Å². The minimum atomic E-state index is -0.430. The Balaban J connectivity index is 2.21. The lowest BCUT2D eigenvalue weighted by Gasteiger charge is -2.21. The zero-order valence-electron chi connectivity index (χ0n) is 11.2. The Morgan fingerprint density at radius 1 is 1.39 bits per heavy atom. The van der Waals surface area contributed by atoms with Crippen molar-refractivity contribution in [1.29, 1.82) is 0 Å². The van der Waals surface area contributed by atoms with Gasteiger partial charge in [0.15, 0.2) is 0 Å². The van der Waals surface area contributed by atoms with Gasteiger partial charge in [0.05, 0.1) is 13.7 Å². The summed E-state index contributed by atoms with van der Waals surface area (Å²) >= 11 is 1.82. The van der Waals surface area contributed by atoms with Gasteiger partial charge >= 0.3 is 0 Å². The maximum atomic E-state index is 9.04. The van der Waals surface area contributed by atoms with Crippen molar-refractivity contribution in [1.82, 2.24) is 0 Å². The first-order valence-corrected chi connectivity index (χ1v) is 7.22. The Labute approximate surface area is 114 Å². The highest BCUT2D eigenvalue weighted by molar-refractivity contribution is 7.99.